The number of halogens is 2. The van der Waals surface area contributed by atoms with Gasteiger partial charge in [-0.1, -0.05) is 35.9 Å². The molecule has 132 valence electrons. The molecule has 3 heteroatoms. The van der Waals surface area contributed by atoms with E-state index in [0.29, 0.717) is 5.56 Å². The summed E-state index contributed by atoms with van der Waals surface area (Å²) in [4.78, 5) is -0.372. The minimum atomic E-state index is -0.372. The third-order valence-corrected chi connectivity index (χ3v) is 5.80. The van der Waals surface area contributed by atoms with Crippen LogP contribution in [0.4, 0.5) is 10.1 Å². The molecule has 1 fully saturated rings. The summed E-state index contributed by atoms with van der Waals surface area (Å²) in [5.41, 5.74) is 6.89. The van der Waals surface area contributed by atoms with Gasteiger partial charge in [0.25, 0.3) is 0 Å². The number of aryl methyl sites for hydroxylation is 3. The van der Waals surface area contributed by atoms with Crippen molar-refractivity contribution in [2.24, 2.45) is 5.92 Å². The van der Waals surface area contributed by atoms with Crippen LogP contribution in [-0.2, 0) is 0 Å². The minimum Gasteiger partial charge on any atom is -0.359 e. The highest BCUT2D eigenvalue weighted by Gasteiger charge is 2.62. The zero-order chi connectivity index (χ0) is 18.5. The Bertz CT molecular complexity index is 810. The topological polar surface area (TPSA) is 12.0 Å². The zero-order valence-electron chi connectivity index (χ0n) is 15.5. The lowest BCUT2D eigenvalue weighted by Gasteiger charge is -2.13. The second-order valence-corrected chi connectivity index (χ2v) is 8.39. The van der Waals surface area contributed by atoms with Crippen LogP contribution in [0.2, 0.25) is 0 Å². The SMILES string of the molecule is C=C(Nc1cc(C)c(C)c(F)c1)C1C(c2cc(C)cc(C)c2)C1(C)Cl. The van der Waals surface area contributed by atoms with Crippen molar-refractivity contribution >= 4 is 17.3 Å². The maximum atomic E-state index is 14.0. The molecule has 0 amide bonds. The summed E-state index contributed by atoms with van der Waals surface area (Å²) in [7, 11) is 0. The standard InChI is InChI=1S/C22H25ClFN/c1-12-7-13(2)9-17(8-12)21-20(22(21,6)23)16(5)25-18-10-14(3)15(4)19(24)11-18/h7-11,20-21,25H,5H2,1-4,6H3. The number of hydrogen-bond acceptors (Lipinski definition) is 1. The van der Waals surface area contributed by atoms with Gasteiger partial charge in [0.1, 0.15) is 5.82 Å². The first-order valence-corrected chi connectivity index (χ1v) is 8.98. The molecule has 1 aliphatic rings. The highest BCUT2D eigenvalue weighted by Crippen LogP contribution is 2.64. The second-order valence-electron chi connectivity index (χ2n) is 7.58. The average molecular weight is 358 g/mol. The quantitative estimate of drug-likeness (QED) is 0.624. The fraction of sp³-hybridized carbons (Fsp3) is 0.364. The number of allylic oxidation sites excluding steroid dienone is 1. The summed E-state index contributed by atoms with van der Waals surface area (Å²) in [6.45, 7) is 14.1. The van der Waals surface area contributed by atoms with Crippen LogP contribution in [0, 0.1) is 39.4 Å². The summed E-state index contributed by atoms with van der Waals surface area (Å²) in [5.74, 6) is 0.120. The maximum absolute atomic E-state index is 14.0. The molecule has 0 radical (unpaired) electrons. The Morgan fingerprint density at radius 2 is 1.68 bits per heavy atom. The van der Waals surface area contributed by atoms with Crippen LogP contribution >= 0.6 is 11.6 Å². The lowest BCUT2D eigenvalue weighted by Crippen LogP contribution is -2.06. The van der Waals surface area contributed by atoms with Crippen LogP contribution in [0.5, 0.6) is 0 Å². The molecule has 0 aliphatic heterocycles. The molecule has 1 aliphatic carbocycles. The van der Waals surface area contributed by atoms with E-state index in [1.807, 2.05) is 13.0 Å². The molecule has 0 heterocycles. The third-order valence-electron chi connectivity index (χ3n) is 5.33. The van der Waals surface area contributed by atoms with E-state index in [2.05, 4.69) is 50.9 Å². The fourth-order valence-electron chi connectivity index (χ4n) is 3.88. The largest absolute Gasteiger partial charge is 0.359 e. The van der Waals surface area contributed by atoms with Gasteiger partial charge < -0.3 is 5.32 Å². The van der Waals surface area contributed by atoms with Crippen molar-refractivity contribution in [2.45, 2.75) is 45.4 Å². The van der Waals surface area contributed by atoms with Gasteiger partial charge in [0.15, 0.2) is 0 Å². The Labute approximate surface area is 154 Å². The summed E-state index contributed by atoms with van der Waals surface area (Å²) in [6, 6.07) is 10.0. The smallest absolute Gasteiger partial charge is 0.128 e. The number of benzene rings is 2. The van der Waals surface area contributed by atoms with Crippen molar-refractivity contribution < 1.29 is 4.39 Å². The van der Waals surface area contributed by atoms with E-state index in [1.165, 1.54) is 22.8 Å². The Morgan fingerprint density at radius 3 is 2.24 bits per heavy atom. The average Bonchev–Trinajstić information content (AvgIpc) is 3.06. The molecule has 1 nitrogen and oxygen atoms in total. The van der Waals surface area contributed by atoms with E-state index in [1.54, 1.807) is 6.92 Å². The van der Waals surface area contributed by atoms with Gasteiger partial charge in [0.05, 0.1) is 4.87 Å². The van der Waals surface area contributed by atoms with Crippen LogP contribution in [0.3, 0.4) is 0 Å². The van der Waals surface area contributed by atoms with Crippen LogP contribution < -0.4 is 5.32 Å². The van der Waals surface area contributed by atoms with Crippen LogP contribution in [0.15, 0.2) is 42.6 Å². The van der Waals surface area contributed by atoms with E-state index >= 15 is 0 Å². The van der Waals surface area contributed by atoms with Crippen molar-refractivity contribution in [3.63, 3.8) is 0 Å². The van der Waals surface area contributed by atoms with Gasteiger partial charge in [-0.25, -0.2) is 4.39 Å². The number of hydrogen-bond donors (Lipinski definition) is 1. The Hall–Kier alpha value is -1.80. The van der Waals surface area contributed by atoms with Crippen molar-refractivity contribution in [3.05, 3.63) is 76.2 Å². The molecule has 0 bridgehead atoms. The summed E-state index contributed by atoms with van der Waals surface area (Å²) in [6.07, 6.45) is 0. The van der Waals surface area contributed by atoms with E-state index in [0.717, 1.165) is 16.9 Å². The number of nitrogens with one attached hydrogen (secondary N) is 1. The molecular formula is C22H25ClFN. The maximum Gasteiger partial charge on any atom is 0.128 e. The molecule has 1 saturated carbocycles. The number of rotatable bonds is 4. The molecule has 2 aromatic rings. The van der Waals surface area contributed by atoms with E-state index < -0.39 is 0 Å². The minimum absolute atomic E-state index is 0.111. The first-order chi connectivity index (χ1) is 11.6. The van der Waals surface area contributed by atoms with Crippen LogP contribution in [0.1, 0.15) is 40.7 Å². The van der Waals surface area contributed by atoms with Gasteiger partial charge in [-0.2, -0.15) is 0 Å². The van der Waals surface area contributed by atoms with Gasteiger partial charge in [0, 0.05) is 23.2 Å². The lowest BCUT2D eigenvalue weighted by molar-refractivity contribution is 0.617. The fourth-order valence-corrected chi connectivity index (χ4v) is 4.33. The van der Waals surface area contributed by atoms with Gasteiger partial charge in [-0.15, -0.1) is 11.6 Å². The van der Waals surface area contributed by atoms with Crippen molar-refractivity contribution in [1.29, 1.82) is 0 Å². The van der Waals surface area contributed by atoms with Crippen LogP contribution in [0.25, 0.3) is 0 Å². The molecular weight excluding hydrogens is 333 g/mol. The van der Waals surface area contributed by atoms with E-state index in [-0.39, 0.29) is 22.5 Å². The number of anilines is 1. The van der Waals surface area contributed by atoms with Gasteiger partial charge >= 0.3 is 0 Å². The molecule has 3 unspecified atom stereocenters. The molecule has 3 rings (SSSR count). The zero-order valence-corrected chi connectivity index (χ0v) is 16.3. The number of alkyl halides is 1. The summed E-state index contributed by atoms with van der Waals surface area (Å²) in [5, 5.41) is 3.28. The van der Waals surface area contributed by atoms with Gasteiger partial charge in [0.2, 0.25) is 0 Å². The van der Waals surface area contributed by atoms with E-state index in [4.69, 9.17) is 11.6 Å². The van der Waals surface area contributed by atoms with Crippen molar-refractivity contribution in [3.8, 4) is 0 Å². The van der Waals surface area contributed by atoms with Crippen LogP contribution in [-0.4, -0.2) is 4.87 Å². The van der Waals surface area contributed by atoms with Crippen molar-refractivity contribution in [1.82, 2.24) is 0 Å². The second kappa shape index (κ2) is 6.17. The van der Waals surface area contributed by atoms with Gasteiger partial charge in [-0.05, 0) is 63.4 Å². The predicted molar refractivity (Wildman–Crippen MR) is 105 cm³/mol. The summed E-state index contributed by atoms with van der Waals surface area (Å²) < 4.78 is 14.0. The molecule has 1 N–H and O–H groups in total. The Balaban J connectivity index is 1.83. The Kier molecular flexibility index (Phi) is 4.45. The molecule has 0 spiro atoms. The van der Waals surface area contributed by atoms with Crippen molar-refractivity contribution in [2.75, 3.05) is 5.32 Å². The summed E-state index contributed by atoms with van der Waals surface area (Å²) >= 11 is 6.79. The monoisotopic (exact) mass is 357 g/mol. The van der Waals surface area contributed by atoms with E-state index in [9.17, 15) is 4.39 Å². The molecule has 25 heavy (non-hydrogen) atoms. The highest BCUT2D eigenvalue weighted by atomic mass is 35.5. The molecule has 2 aromatic carbocycles. The predicted octanol–water partition coefficient (Wildman–Crippen LogP) is 6.40. The molecule has 0 aromatic heterocycles. The highest BCUT2D eigenvalue weighted by molar-refractivity contribution is 6.27. The third kappa shape index (κ3) is 3.32. The lowest BCUT2D eigenvalue weighted by atomic mass is 10.0. The first kappa shape index (κ1) is 18.0. The first-order valence-electron chi connectivity index (χ1n) is 8.61. The molecule has 3 atom stereocenters. The normalized spacial score (nSPS) is 24.9. The van der Waals surface area contributed by atoms with Gasteiger partial charge in [-0.3, -0.25) is 0 Å². The molecule has 0 saturated heterocycles. The Morgan fingerprint density at radius 1 is 1.08 bits per heavy atom.